The lowest BCUT2D eigenvalue weighted by Crippen LogP contribution is -2.42. The first kappa shape index (κ1) is 19.6. The molecule has 5 nitrogen and oxygen atoms in total. The van der Waals surface area contributed by atoms with Gasteiger partial charge in [-0.3, -0.25) is 5.32 Å². The zero-order chi connectivity index (χ0) is 18.5. The van der Waals surface area contributed by atoms with E-state index in [2.05, 4.69) is 9.47 Å². The van der Waals surface area contributed by atoms with E-state index in [-0.39, 0.29) is 6.61 Å². The van der Waals surface area contributed by atoms with Gasteiger partial charge in [0, 0.05) is 5.69 Å². The van der Waals surface area contributed by atoms with Crippen LogP contribution in [-0.2, 0) is 20.4 Å². The summed E-state index contributed by atoms with van der Waals surface area (Å²) in [5, 5.41) is 1.69. The van der Waals surface area contributed by atoms with Gasteiger partial charge in [0.2, 0.25) is 0 Å². The molecule has 0 unspecified atom stereocenters. The molecule has 1 aromatic carbocycles. The van der Waals surface area contributed by atoms with Crippen LogP contribution in [0.5, 0.6) is 0 Å². The van der Waals surface area contributed by atoms with Crippen molar-refractivity contribution in [2.24, 2.45) is 0 Å². The SMILES string of the molecule is CCOC(=O)[C@H](OC(=O)Nc1cccc(C(F)(F)F)c1)C(F)(F)F. The van der Waals surface area contributed by atoms with Crippen LogP contribution >= 0.6 is 0 Å². The lowest BCUT2D eigenvalue weighted by Gasteiger charge is -2.19. The Morgan fingerprint density at radius 3 is 2.29 bits per heavy atom. The van der Waals surface area contributed by atoms with Gasteiger partial charge in [0.25, 0.3) is 6.10 Å². The monoisotopic (exact) mass is 359 g/mol. The molecule has 0 aliphatic rings. The van der Waals surface area contributed by atoms with E-state index in [1.165, 1.54) is 6.92 Å². The van der Waals surface area contributed by atoms with Gasteiger partial charge in [0.1, 0.15) is 0 Å². The van der Waals surface area contributed by atoms with Gasteiger partial charge in [-0.1, -0.05) is 6.07 Å². The number of hydrogen-bond acceptors (Lipinski definition) is 4. The number of nitrogens with one attached hydrogen (secondary N) is 1. The normalized spacial score (nSPS) is 13.1. The van der Waals surface area contributed by atoms with Crippen LogP contribution in [0.3, 0.4) is 0 Å². The third kappa shape index (κ3) is 5.63. The van der Waals surface area contributed by atoms with E-state index in [0.717, 1.165) is 12.1 Å². The summed E-state index contributed by atoms with van der Waals surface area (Å²) in [6.45, 7) is 0.859. The molecule has 0 bridgehead atoms. The molecule has 0 saturated carbocycles. The minimum Gasteiger partial charge on any atom is -0.463 e. The molecule has 0 aromatic heterocycles. The first-order valence-electron chi connectivity index (χ1n) is 6.33. The minimum atomic E-state index is -5.24. The van der Waals surface area contributed by atoms with Gasteiger partial charge < -0.3 is 9.47 Å². The number of alkyl halides is 6. The molecule has 0 spiro atoms. The summed E-state index contributed by atoms with van der Waals surface area (Å²) in [6.07, 6.45) is -14.9. The third-order valence-electron chi connectivity index (χ3n) is 2.46. The Bertz CT molecular complexity index is 599. The Balaban J connectivity index is 2.85. The molecule has 1 N–H and O–H groups in total. The number of anilines is 1. The van der Waals surface area contributed by atoms with Crippen molar-refractivity contribution in [2.45, 2.75) is 25.4 Å². The molecular formula is C13H11F6NO4. The second kappa shape index (κ2) is 7.41. The summed E-state index contributed by atoms with van der Waals surface area (Å²) in [4.78, 5) is 22.6. The topological polar surface area (TPSA) is 64.6 Å². The first-order valence-corrected chi connectivity index (χ1v) is 6.33. The van der Waals surface area contributed by atoms with Crippen molar-refractivity contribution in [2.75, 3.05) is 11.9 Å². The standard InChI is InChI=1S/C13H11F6NO4/c1-2-23-10(21)9(13(17,18)19)24-11(22)20-8-5-3-4-7(6-8)12(14,15)16/h3-6,9H,2H2,1H3,(H,20,22)/t9-/m0/s1. The number of halogens is 6. The number of ether oxygens (including phenoxy) is 2. The van der Waals surface area contributed by atoms with E-state index >= 15 is 0 Å². The summed E-state index contributed by atoms with van der Waals surface area (Å²) in [5.74, 6) is -1.84. The van der Waals surface area contributed by atoms with E-state index in [0.29, 0.717) is 12.1 Å². The predicted molar refractivity (Wildman–Crippen MR) is 68.0 cm³/mol. The van der Waals surface area contributed by atoms with Gasteiger partial charge >= 0.3 is 24.4 Å². The van der Waals surface area contributed by atoms with Gasteiger partial charge in [-0.2, -0.15) is 26.3 Å². The summed E-state index contributed by atoms with van der Waals surface area (Å²) in [6, 6.07) is 3.14. The minimum absolute atomic E-state index is 0.385. The van der Waals surface area contributed by atoms with Crippen molar-refractivity contribution in [3.8, 4) is 0 Å². The molecule has 1 amide bonds. The third-order valence-corrected chi connectivity index (χ3v) is 2.46. The molecule has 24 heavy (non-hydrogen) atoms. The molecule has 0 aliphatic carbocycles. The van der Waals surface area contributed by atoms with Crippen LogP contribution in [0.15, 0.2) is 24.3 Å². The number of rotatable bonds is 4. The van der Waals surface area contributed by atoms with Crippen molar-refractivity contribution < 1.29 is 45.4 Å². The highest BCUT2D eigenvalue weighted by Crippen LogP contribution is 2.31. The van der Waals surface area contributed by atoms with E-state index in [1.807, 2.05) is 0 Å². The van der Waals surface area contributed by atoms with Gasteiger partial charge in [-0.15, -0.1) is 0 Å². The number of carbonyl (C=O) groups excluding carboxylic acids is 2. The highest BCUT2D eigenvalue weighted by atomic mass is 19.4. The molecule has 0 saturated heterocycles. The molecule has 134 valence electrons. The van der Waals surface area contributed by atoms with E-state index in [9.17, 15) is 35.9 Å². The maximum absolute atomic E-state index is 12.7. The van der Waals surface area contributed by atoms with Gasteiger partial charge in [-0.05, 0) is 25.1 Å². The van der Waals surface area contributed by atoms with Crippen molar-refractivity contribution in [3.05, 3.63) is 29.8 Å². The molecular weight excluding hydrogens is 348 g/mol. The summed E-state index contributed by atoms with van der Waals surface area (Å²) >= 11 is 0. The van der Waals surface area contributed by atoms with Crippen LogP contribution in [0.1, 0.15) is 12.5 Å². The Morgan fingerprint density at radius 1 is 1.17 bits per heavy atom. The second-order valence-electron chi connectivity index (χ2n) is 4.28. The number of esters is 1. The molecule has 1 aromatic rings. The quantitative estimate of drug-likeness (QED) is 0.657. The van der Waals surface area contributed by atoms with Crippen LogP contribution in [0, 0.1) is 0 Å². The predicted octanol–water partition coefficient (Wildman–Crippen LogP) is 3.75. The number of hydrogen-bond donors (Lipinski definition) is 1. The van der Waals surface area contributed by atoms with E-state index in [1.54, 1.807) is 5.32 Å². The van der Waals surface area contributed by atoms with Gasteiger partial charge in [0.15, 0.2) is 0 Å². The Kier molecular flexibility index (Phi) is 6.04. The van der Waals surface area contributed by atoms with Crippen molar-refractivity contribution in [1.82, 2.24) is 0 Å². The number of amides is 1. The molecule has 0 heterocycles. The molecule has 0 aliphatic heterocycles. The van der Waals surface area contributed by atoms with Crippen LogP contribution in [0.4, 0.5) is 36.8 Å². The molecule has 11 heteroatoms. The Hall–Kier alpha value is -2.46. The van der Waals surface area contributed by atoms with Crippen molar-refractivity contribution in [3.63, 3.8) is 0 Å². The summed E-state index contributed by atoms with van der Waals surface area (Å²) < 4.78 is 83.6. The Labute approximate surface area is 131 Å². The van der Waals surface area contributed by atoms with Crippen molar-refractivity contribution >= 4 is 17.7 Å². The maximum Gasteiger partial charge on any atom is 0.436 e. The smallest absolute Gasteiger partial charge is 0.436 e. The lowest BCUT2D eigenvalue weighted by atomic mass is 10.2. The van der Waals surface area contributed by atoms with Crippen LogP contribution in [0.25, 0.3) is 0 Å². The Morgan fingerprint density at radius 2 is 1.79 bits per heavy atom. The van der Waals surface area contributed by atoms with E-state index < -0.39 is 41.8 Å². The average Bonchev–Trinajstić information content (AvgIpc) is 2.43. The van der Waals surface area contributed by atoms with Crippen LogP contribution in [-0.4, -0.2) is 30.9 Å². The lowest BCUT2D eigenvalue weighted by molar-refractivity contribution is -0.216. The molecule has 0 fully saturated rings. The number of carbonyl (C=O) groups is 2. The largest absolute Gasteiger partial charge is 0.463 e. The first-order chi connectivity index (χ1) is 10.9. The van der Waals surface area contributed by atoms with Crippen LogP contribution in [0.2, 0.25) is 0 Å². The van der Waals surface area contributed by atoms with Crippen molar-refractivity contribution in [1.29, 1.82) is 0 Å². The molecule has 1 atom stereocenters. The molecule has 1 rings (SSSR count). The van der Waals surface area contributed by atoms with Gasteiger partial charge in [-0.25, -0.2) is 9.59 Å². The van der Waals surface area contributed by atoms with E-state index in [4.69, 9.17) is 0 Å². The second-order valence-corrected chi connectivity index (χ2v) is 4.28. The fraction of sp³-hybridized carbons (Fsp3) is 0.385. The zero-order valence-corrected chi connectivity index (χ0v) is 12.0. The highest BCUT2D eigenvalue weighted by Gasteiger charge is 2.49. The zero-order valence-electron chi connectivity index (χ0n) is 12.0. The fourth-order valence-corrected chi connectivity index (χ4v) is 1.49. The molecule has 0 radical (unpaired) electrons. The fourth-order valence-electron chi connectivity index (χ4n) is 1.49. The van der Waals surface area contributed by atoms with Gasteiger partial charge in [0.05, 0.1) is 12.2 Å². The highest BCUT2D eigenvalue weighted by molar-refractivity contribution is 5.87. The summed E-state index contributed by atoms with van der Waals surface area (Å²) in [7, 11) is 0. The van der Waals surface area contributed by atoms with Crippen LogP contribution < -0.4 is 5.32 Å². The number of benzene rings is 1. The summed E-state index contributed by atoms with van der Waals surface area (Å²) in [5.41, 5.74) is -1.59. The maximum atomic E-state index is 12.7. The average molecular weight is 359 g/mol.